The van der Waals surface area contributed by atoms with Crippen LogP contribution in [0.4, 0.5) is 0 Å². The van der Waals surface area contributed by atoms with Crippen molar-refractivity contribution in [2.75, 3.05) is 13.2 Å². The Labute approximate surface area is 139 Å². The van der Waals surface area contributed by atoms with Crippen molar-refractivity contribution >= 4 is 0 Å². The molecule has 2 heteroatoms. The number of allylic oxidation sites excluding steroid dienone is 2. The molecule has 0 saturated heterocycles. The van der Waals surface area contributed by atoms with Crippen molar-refractivity contribution in [1.29, 1.82) is 0 Å². The molecule has 0 atom stereocenters. The maximum Gasteiger partial charge on any atom is 0.0431 e. The van der Waals surface area contributed by atoms with Gasteiger partial charge in [0.1, 0.15) is 0 Å². The highest BCUT2D eigenvalue weighted by Crippen LogP contribution is 2.10. The molecule has 0 aliphatic carbocycles. The molecule has 0 heterocycles. The van der Waals surface area contributed by atoms with Gasteiger partial charge in [0.15, 0.2) is 0 Å². The van der Waals surface area contributed by atoms with Crippen molar-refractivity contribution < 1.29 is 10.2 Å². The van der Waals surface area contributed by atoms with E-state index in [-0.39, 0.29) is 0 Å². The van der Waals surface area contributed by atoms with E-state index in [0.717, 1.165) is 12.8 Å². The van der Waals surface area contributed by atoms with Gasteiger partial charge >= 0.3 is 0 Å². The standard InChI is InChI=1S/C20H40O2/c21-19-17-15-13-11-9-7-5-3-1-2-4-6-8-10-12-14-16-18-20-22/h1-2,21-22H,3-20H2/b2-1+. The second-order valence-electron chi connectivity index (χ2n) is 6.45. The smallest absolute Gasteiger partial charge is 0.0431 e. The third-order valence-corrected chi connectivity index (χ3v) is 4.22. The molecule has 0 aliphatic rings. The lowest BCUT2D eigenvalue weighted by atomic mass is 10.1. The highest BCUT2D eigenvalue weighted by atomic mass is 16.3. The first-order valence-electron chi connectivity index (χ1n) is 9.78. The van der Waals surface area contributed by atoms with Crippen LogP contribution in [0.5, 0.6) is 0 Å². The topological polar surface area (TPSA) is 40.5 Å². The molecule has 0 bridgehead atoms. The van der Waals surface area contributed by atoms with Gasteiger partial charge < -0.3 is 10.2 Å². The first kappa shape index (κ1) is 21.7. The molecule has 2 N–H and O–H groups in total. The summed E-state index contributed by atoms with van der Waals surface area (Å²) >= 11 is 0. The number of aliphatic hydroxyl groups is 2. The fourth-order valence-electron chi connectivity index (χ4n) is 2.75. The summed E-state index contributed by atoms with van der Waals surface area (Å²) in [5.41, 5.74) is 0. The number of aliphatic hydroxyl groups excluding tert-OH is 2. The van der Waals surface area contributed by atoms with Gasteiger partial charge in [-0.3, -0.25) is 0 Å². The quantitative estimate of drug-likeness (QED) is 0.249. The zero-order chi connectivity index (χ0) is 16.1. The average molecular weight is 313 g/mol. The van der Waals surface area contributed by atoms with Gasteiger partial charge in [-0.25, -0.2) is 0 Å². The SMILES string of the molecule is OCCCCCCCCC/C=C/CCCCCCCCCO. The van der Waals surface area contributed by atoms with Crippen LogP contribution in [-0.2, 0) is 0 Å². The molecule has 0 aliphatic heterocycles. The van der Waals surface area contributed by atoms with Gasteiger partial charge in [-0.1, -0.05) is 76.4 Å². The third kappa shape index (κ3) is 19.7. The summed E-state index contributed by atoms with van der Waals surface area (Å²) in [5.74, 6) is 0. The number of hydrogen-bond acceptors (Lipinski definition) is 2. The zero-order valence-electron chi connectivity index (χ0n) is 14.8. The van der Waals surface area contributed by atoms with Crippen LogP contribution in [-0.4, -0.2) is 23.4 Å². The minimum Gasteiger partial charge on any atom is -0.396 e. The lowest BCUT2D eigenvalue weighted by molar-refractivity contribution is 0.282. The van der Waals surface area contributed by atoms with Crippen LogP contribution < -0.4 is 0 Å². The molecule has 0 fully saturated rings. The Hall–Kier alpha value is -0.340. The summed E-state index contributed by atoms with van der Waals surface area (Å²) in [5, 5.41) is 17.4. The van der Waals surface area contributed by atoms with Crippen molar-refractivity contribution in [3.8, 4) is 0 Å². The predicted octanol–water partition coefficient (Wildman–Crippen LogP) is 5.77. The summed E-state index contributed by atoms with van der Waals surface area (Å²) in [6, 6.07) is 0. The molecule has 0 rings (SSSR count). The third-order valence-electron chi connectivity index (χ3n) is 4.22. The highest BCUT2D eigenvalue weighted by molar-refractivity contribution is 4.81. The van der Waals surface area contributed by atoms with Crippen LogP contribution in [0.3, 0.4) is 0 Å². The second kappa shape index (κ2) is 20.7. The van der Waals surface area contributed by atoms with E-state index in [1.165, 1.54) is 89.9 Å². The van der Waals surface area contributed by atoms with E-state index in [1.54, 1.807) is 0 Å². The normalized spacial score (nSPS) is 11.5. The Kier molecular flexibility index (Phi) is 20.3. The molecule has 0 amide bonds. The lowest BCUT2D eigenvalue weighted by Crippen LogP contribution is -1.84. The minimum absolute atomic E-state index is 0.356. The van der Waals surface area contributed by atoms with Gasteiger partial charge in [-0.15, -0.1) is 0 Å². The summed E-state index contributed by atoms with van der Waals surface area (Å²) in [6.07, 6.45) is 24.9. The van der Waals surface area contributed by atoms with Crippen LogP contribution in [0, 0.1) is 0 Å². The van der Waals surface area contributed by atoms with E-state index in [0.29, 0.717) is 13.2 Å². The molecule has 0 spiro atoms. The Bertz CT molecular complexity index is 192. The van der Waals surface area contributed by atoms with E-state index >= 15 is 0 Å². The Morgan fingerprint density at radius 3 is 0.955 bits per heavy atom. The Balaban J connectivity index is 3.03. The molecule has 0 aromatic heterocycles. The molecule has 132 valence electrons. The van der Waals surface area contributed by atoms with Crippen molar-refractivity contribution in [3.05, 3.63) is 12.2 Å². The number of rotatable bonds is 18. The largest absolute Gasteiger partial charge is 0.396 e. The van der Waals surface area contributed by atoms with Crippen LogP contribution in [0.25, 0.3) is 0 Å². The van der Waals surface area contributed by atoms with Gasteiger partial charge in [0.25, 0.3) is 0 Å². The van der Waals surface area contributed by atoms with Crippen molar-refractivity contribution in [3.63, 3.8) is 0 Å². The molecule has 0 radical (unpaired) electrons. The first-order valence-corrected chi connectivity index (χ1v) is 9.78. The molecule has 0 saturated carbocycles. The molecule has 0 aromatic rings. The van der Waals surface area contributed by atoms with Crippen LogP contribution in [0.15, 0.2) is 12.2 Å². The molecule has 0 aromatic carbocycles. The van der Waals surface area contributed by atoms with Crippen LogP contribution in [0.1, 0.15) is 103 Å². The monoisotopic (exact) mass is 312 g/mol. The summed E-state index contributed by atoms with van der Waals surface area (Å²) < 4.78 is 0. The maximum absolute atomic E-state index is 8.69. The zero-order valence-corrected chi connectivity index (χ0v) is 14.8. The maximum atomic E-state index is 8.69. The predicted molar refractivity (Wildman–Crippen MR) is 97.2 cm³/mol. The summed E-state index contributed by atoms with van der Waals surface area (Å²) in [4.78, 5) is 0. The summed E-state index contributed by atoms with van der Waals surface area (Å²) in [7, 11) is 0. The fourth-order valence-corrected chi connectivity index (χ4v) is 2.75. The average Bonchev–Trinajstić information content (AvgIpc) is 2.54. The number of unbranched alkanes of at least 4 members (excludes halogenated alkanes) is 14. The van der Waals surface area contributed by atoms with Crippen molar-refractivity contribution in [2.24, 2.45) is 0 Å². The molecular weight excluding hydrogens is 272 g/mol. The van der Waals surface area contributed by atoms with Gasteiger partial charge in [0.05, 0.1) is 0 Å². The van der Waals surface area contributed by atoms with Crippen LogP contribution >= 0.6 is 0 Å². The second-order valence-corrected chi connectivity index (χ2v) is 6.45. The fraction of sp³-hybridized carbons (Fsp3) is 0.900. The van der Waals surface area contributed by atoms with Crippen molar-refractivity contribution in [2.45, 2.75) is 103 Å². The first-order chi connectivity index (χ1) is 10.9. The Morgan fingerprint density at radius 2 is 0.636 bits per heavy atom. The van der Waals surface area contributed by atoms with Gasteiger partial charge in [-0.2, -0.15) is 0 Å². The minimum atomic E-state index is 0.356. The van der Waals surface area contributed by atoms with Gasteiger partial charge in [0.2, 0.25) is 0 Å². The van der Waals surface area contributed by atoms with E-state index < -0.39 is 0 Å². The van der Waals surface area contributed by atoms with Crippen molar-refractivity contribution in [1.82, 2.24) is 0 Å². The van der Waals surface area contributed by atoms with E-state index in [2.05, 4.69) is 12.2 Å². The lowest BCUT2D eigenvalue weighted by Gasteiger charge is -2.00. The van der Waals surface area contributed by atoms with Gasteiger partial charge in [0, 0.05) is 13.2 Å². The van der Waals surface area contributed by atoms with E-state index in [1.807, 2.05) is 0 Å². The molecule has 0 unspecified atom stereocenters. The van der Waals surface area contributed by atoms with Gasteiger partial charge in [-0.05, 0) is 38.5 Å². The molecular formula is C20H40O2. The highest BCUT2D eigenvalue weighted by Gasteiger charge is 1.92. The van der Waals surface area contributed by atoms with E-state index in [9.17, 15) is 0 Å². The van der Waals surface area contributed by atoms with Crippen LogP contribution in [0.2, 0.25) is 0 Å². The van der Waals surface area contributed by atoms with E-state index in [4.69, 9.17) is 10.2 Å². The molecule has 22 heavy (non-hydrogen) atoms. The Morgan fingerprint density at radius 1 is 0.364 bits per heavy atom. The number of hydrogen-bond donors (Lipinski definition) is 2. The molecule has 2 nitrogen and oxygen atoms in total. The summed E-state index contributed by atoms with van der Waals surface area (Å²) in [6.45, 7) is 0.711.